The van der Waals surface area contributed by atoms with Gasteiger partial charge in [0, 0.05) is 42.3 Å². The zero-order valence-electron chi connectivity index (χ0n) is 20.0. The van der Waals surface area contributed by atoms with Crippen LogP contribution in [0.15, 0.2) is 71.6 Å². The van der Waals surface area contributed by atoms with Gasteiger partial charge in [0.15, 0.2) is 6.61 Å². The number of carbonyl (C=O) groups excluding carboxylic acids is 1. The number of hydrogen-bond acceptors (Lipinski definition) is 6. The van der Waals surface area contributed by atoms with Crippen LogP contribution < -0.4 is 9.47 Å². The summed E-state index contributed by atoms with van der Waals surface area (Å²) in [4.78, 5) is 26.0. The van der Waals surface area contributed by atoms with Crippen molar-refractivity contribution in [2.75, 3.05) is 32.8 Å². The average molecular weight is 579 g/mol. The van der Waals surface area contributed by atoms with Crippen molar-refractivity contribution < 1.29 is 32.6 Å². The fourth-order valence-corrected chi connectivity index (χ4v) is 5.67. The zero-order valence-corrected chi connectivity index (χ0v) is 22.4. The van der Waals surface area contributed by atoms with Crippen molar-refractivity contribution in [3.63, 3.8) is 0 Å². The molecule has 0 bridgehead atoms. The van der Waals surface area contributed by atoms with Crippen LogP contribution in [0.5, 0.6) is 11.5 Å². The smallest absolute Gasteiger partial charge is 0.339 e. The summed E-state index contributed by atoms with van der Waals surface area (Å²) in [7, 11) is -3.74. The lowest BCUT2D eigenvalue weighted by atomic mass is 10.2. The number of halogens is 2. The molecular formula is C26H24Cl2N2O7S. The summed E-state index contributed by atoms with van der Waals surface area (Å²) in [6.07, 6.45) is 0. The molecular weight excluding hydrogens is 555 g/mol. The lowest BCUT2D eigenvalue weighted by Gasteiger charge is -2.34. The van der Waals surface area contributed by atoms with Crippen LogP contribution in [-0.4, -0.2) is 67.4 Å². The Bertz CT molecular complexity index is 1420. The molecule has 1 saturated heterocycles. The van der Waals surface area contributed by atoms with Gasteiger partial charge in [0.2, 0.25) is 10.0 Å². The molecule has 9 nitrogen and oxygen atoms in total. The van der Waals surface area contributed by atoms with Gasteiger partial charge in [-0.2, -0.15) is 4.31 Å². The molecule has 1 fully saturated rings. The summed E-state index contributed by atoms with van der Waals surface area (Å²) < 4.78 is 38.4. The zero-order chi connectivity index (χ0) is 27.3. The third-order valence-electron chi connectivity index (χ3n) is 5.88. The standard InChI is InChI=1S/C26H24Cl2N2O7S/c27-19-6-4-18(5-7-19)16-36-21-8-9-23(26(32)33)24(15-21)37-17-25(31)29-10-12-30(13-11-29)38(34,35)22-3-1-2-20(28)14-22/h1-9,14-15H,10-13,16-17H2,(H,32,33). The average Bonchev–Trinajstić information content (AvgIpc) is 2.91. The number of ether oxygens (including phenoxy) is 2. The molecule has 1 amide bonds. The van der Waals surface area contributed by atoms with Crippen LogP contribution in [0, 0.1) is 0 Å². The van der Waals surface area contributed by atoms with Gasteiger partial charge in [0.1, 0.15) is 23.7 Å². The van der Waals surface area contributed by atoms with E-state index < -0.39 is 28.5 Å². The Kier molecular flexibility index (Phi) is 8.78. The molecule has 0 radical (unpaired) electrons. The number of piperazine rings is 1. The van der Waals surface area contributed by atoms with Crippen LogP contribution in [-0.2, 0) is 21.4 Å². The summed E-state index contributed by atoms with van der Waals surface area (Å²) in [6.45, 7) is 0.353. The first kappa shape index (κ1) is 27.7. The Morgan fingerprint density at radius 3 is 2.24 bits per heavy atom. The number of carboxylic acids is 1. The maximum atomic E-state index is 12.9. The van der Waals surface area contributed by atoms with Gasteiger partial charge in [-0.1, -0.05) is 41.4 Å². The van der Waals surface area contributed by atoms with Gasteiger partial charge in [0.25, 0.3) is 5.91 Å². The Morgan fingerprint density at radius 1 is 0.868 bits per heavy atom. The number of carboxylic acid groups (broad SMARTS) is 1. The maximum Gasteiger partial charge on any atom is 0.339 e. The first-order chi connectivity index (χ1) is 18.1. The fraction of sp³-hybridized carbons (Fsp3) is 0.231. The summed E-state index contributed by atoms with van der Waals surface area (Å²) in [5, 5.41) is 10.4. The molecule has 0 aromatic heterocycles. The van der Waals surface area contributed by atoms with Crippen molar-refractivity contribution >= 4 is 45.1 Å². The summed E-state index contributed by atoms with van der Waals surface area (Å²) >= 11 is 11.8. The summed E-state index contributed by atoms with van der Waals surface area (Å²) in [5.41, 5.74) is 0.750. The summed E-state index contributed by atoms with van der Waals surface area (Å²) in [6, 6.07) is 17.4. The van der Waals surface area contributed by atoms with Crippen molar-refractivity contribution in [1.82, 2.24) is 9.21 Å². The van der Waals surface area contributed by atoms with Crippen molar-refractivity contribution in [1.29, 1.82) is 0 Å². The number of benzene rings is 3. The molecule has 1 aliphatic heterocycles. The molecule has 12 heteroatoms. The quantitative estimate of drug-likeness (QED) is 0.405. The molecule has 0 atom stereocenters. The predicted octanol–water partition coefficient (Wildman–Crippen LogP) is 4.18. The molecule has 1 heterocycles. The van der Waals surface area contributed by atoms with E-state index in [1.807, 2.05) is 12.1 Å². The highest BCUT2D eigenvalue weighted by Crippen LogP contribution is 2.26. The molecule has 0 aliphatic carbocycles. The van der Waals surface area contributed by atoms with Gasteiger partial charge in [-0.05, 0) is 48.0 Å². The van der Waals surface area contributed by atoms with Gasteiger partial charge >= 0.3 is 5.97 Å². The molecule has 200 valence electrons. The monoisotopic (exact) mass is 578 g/mol. The summed E-state index contributed by atoms with van der Waals surface area (Å²) in [5.74, 6) is -1.25. The number of aromatic carboxylic acids is 1. The van der Waals surface area contributed by atoms with Crippen LogP contribution in [0.25, 0.3) is 0 Å². The number of rotatable bonds is 9. The van der Waals surface area contributed by atoms with E-state index in [9.17, 15) is 23.1 Å². The molecule has 1 aliphatic rings. The highest BCUT2D eigenvalue weighted by atomic mass is 35.5. The van der Waals surface area contributed by atoms with E-state index in [-0.39, 0.29) is 49.0 Å². The van der Waals surface area contributed by atoms with E-state index >= 15 is 0 Å². The van der Waals surface area contributed by atoms with Crippen molar-refractivity contribution in [2.24, 2.45) is 0 Å². The molecule has 0 spiro atoms. The van der Waals surface area contributed by atoms with Crippen molar-refractivity contribution in [3.8, 4) is 11.5 Å². The second kappa shape index (κ2) is 12.0. The van der Waals surface area contributed by atoms with Gasteiger partial charge in [-0.15, -0.1) is 0 Å². The van der Waals surface area contributed by atoms with Crippen LogP contribution in [0.2, 0.25) is 10.0 Å². The molecule has 0 unspecified atom stereocenters. The maximum absolute atomic E-state index is 12.9. The van der Waals surface area contributed by atoms with Crippen molar-refractivity contribution in [2.45, 2.75) is 11.5 Å². The van der Waals surface area contributed by atoms with Crippen LogP contribution in [0.1, 0.15) is 15.9 Å². The number of hydrogen-bond donors (Lipinski definition) is 1. The van der Waals surface area contributed by atoms with E-state index in [2.05, 4.69) is 0 Å². The molecule has 3 aromatic carbocycles. The minimum Gasteiger partial charge on any atom is -0.489 e. The lowest BCUT2D eigenvalue weighted by Crippen LogP contribution is -2.51. The topological polar surface area (TPSA) is 113 Å². The van der Waals surface area contributed by atoms with Crippen LogP contribution in [0.4, 0.5) is 0 Å². The molecule has 3 aromatic rings. The van der Waals surface area contributed by atoms with Crippen LogP contribution >= 0.6 is 23.2 Å². The van der Waals surface area contributed by atoms with E-state index in [4.69, 9.17) is 32.7 Å². The van der Waals surface area contributed by atoms with Gasteiger partial charge in [0.05, 0.1) is 4.90 Å². The van der Waals surface area contributed by atoms with Crippen molar-refractivity contribution in [3.05, 3.63) is 87.9 Å². The first-order valence-corrected chi connectivity index (χ1v) is 13.7. The highest BCUT2D eigenvalue weighted by molar-refractivity contribution is 7.89. The molecule has 0 saturated carbocycles. The van der Waals surface area contributed by atoms with Gasteiger partial charge in [-0.25, -0.2) is 13.2 Å². The fourth-order valence-electron chi connectivity index (χ4n) is 3.82. The largest absolute Gasteiger partial charge is 0.489 e. The number of amides is 1. The van der Waals surface area contributed by atoms with Crippen LogP contribution in [0.3, 0.4) is 0 Å². The lowest BCUT2D eigenvalue weighted by molar-refractivity contribution is -0.134. The van der Waals surface area contributed by atoms with E-state index in [0.29, 0.717) is 15.8 Å². The van der Waals surface area contributed by atoms with E-state index in [1.165, 1.54) is 39.5 Å². The predicted molar refractivity (Wildman–Crippen MR) is 141 cm³/mol. The van der Waals surface area contributed by atoms with Gasteiger partial charge in [-0.3, -0.25) is 4.79 Å². The first-order valence-electron chi connectivity index (χ1n) is 11.5. The normalized spacial score (nSPS) is 14.2. The highest BCUT2D eigenvalue weighted by Gasteiger charge is 2.30. The third-order valence-corrected chi connectivity index (χ3v) is 8.26. The Morgan fingerprint density at radius 2 is 1.58 bits per heavy atom. The Balaban J connectivity index is 1.35. The number of sulfonamides is 1. The molecule has 38 heavy (non-hydrogen) atoms. The Labute approximate surface area is 230 Å². The SMILES string of the molecule is O=C(O)c1ccc(OCc2ccc(Cl)cc2)cc1OCC(=O)N1CCN(S(=O)(=O)c2cccc(Cl)c2)CC1. The van der Waals surface area contributed by atoms with Gasteiger partial charge < -0.3 is 19.5 Å². The minimum absolute atomic E-state index is 0.0124. The van der Waals surface area contributed by atoms with E-state index in [1.54, 1.807) is 24.3 Å². The molecule has 4 rings (SSSR count). The van der Waals surface area contributed by atoms with E-state index in [0.717, 1.165) is 5.56 Å². The molecule has 1 N–H and O–H groups in total. The Hall–Kier alpha value is -3.31. The second-order valence-electron chi connectivity index (χ2n) is 8.41. The second-order valence-corrected chi connectivity index (χ2v) is 11.2. The minimum atomic E-state index is -3.74. The third kappa shape index (κ3) is 6.76. The number of carbonyl (C=O) groups is 2. The number of nitrogens with zero attached hydrogens (tertiary/aromatic N) is 2.